The van der Waals surface area contributed by atoms with Crippen LogP contribution < -0.4 is 10.1 Å². The van der Waals surface area contributed by atoms with Crippen LogP contribution in [0.25, 0.3) is 10.9 Å². The molecule has 0 aliphatic heterocycles. The van der Waals surface area contributed by atoms with Crippen molar-refractivity contribution >= 4 is 22.5 Å². The molecular formula is C16H16N4O2. The number of fused-ring (bicyclic) bond motifs is 1. The van der Waals surface area contributed by atoms with Crippen LogP contribution in [0.4, 0.5) is 5.69 Å². The number of carbonyl (C=O) groups is 1. The van der Waals surface area contributed by atoms with Crippen LogP contribution in [0.3, 0.4) is 0 Å². The number of aryl methyl sites for hydroxylation is 1. The third-order valence-electron chi connectivity index (χ3n) is 3.33. The van der Waals surface area contributed by atoms with Crippen LogP contribution in [0.5, 0.6) is 5.88 Å². The number of rotatable bonds is 4. The third kappa shape index (κ3) is 2.76. The number of amides is 1. The predicted octanol–water partition coefficient (Wildman–Crippen LogP) is 2.37. The van der Waals surface area contributed by atoms with Gasteiger partial charge >= 0.3 is 0 Å². The van der Waals surface area contributed by atoms with Crippen molar-refractivity contribution < 1.29 is 9.53 Å². The first kappa shape index (κ1) is 14.1. The minimum Gasteiger partial charge on any atom is -0.463 e. The molecule has 0 radical (unpaired) electrons. The average Bonchev–Trinajstić information content (AvgIpc) is 2.85. The van der Waals surface area contributed by atoms with Crippen molar-refractivity contribution in [2.24, 2.45) is 7.05 Å². The van der Waals surface area contributed by atoms with Crippen molar-refractivity contribution in [2.45, 2.75) is 13.0 Å². The SMILES string of the molecule is C[C@@H](Oc1nn(C)c2ccccc12)C(=O)Nc1ccncc1. The molecule has 0 aliphatic rings. The second-order valence-electron chi connectivity index (χ2n) is 4.93. The Hall–Kier alpha value is -2.89. The fourth-order valence-corrected chi connectivity index (χ4v) is 2.17. The van der Waals surface area contributed by atoms with Crippen molar-refractivity contribution in [1.29, 1.82) is 0 Å². The Kier molecular flexibility index (Phi) is 3.74. The van der Waals surface area contributed by atoms with Crippen molar-refractivity contribution in [1.82, 2.24) is 14.8 Å². The first-order valence-corrected chi connectivity index (χ1v) is 6.94. The number of nitrogens with one attached hydrogen (secondary N) is 1. The molecule has 0 bridgehead atoms. The van der Waals surface area contributed by atoms with Gasteiger partial charge in [-0.3, -0.25) is 14.5 Å². The van der Waals surface area contributed by atoms with E-state index in [9.17, 15) is 4.79 Å². The highest BCUT2D eigenvalue weighted by Gasteiger charge is 2.18. The lowest BCUT2D eigenvalue weighted by Crippen LogP contribution is -2.30. The molecular weight excluding hydrogens is 280 g/mol. The average molecular weight is 296 g/mol. The van der Waals surface area contributed by atoms with Gasteiger partial charge in [0.25, 0.3) is 5.91 Å². The molecule has 22 heavy (non-hydrogen) atoms. The molecule has 0 saturated carbocycles. The molecule has 0 fully saturated rings. The molecule has 1 atom stereocenters. The Morgan fingerprint density at radius 3 is 2.73 bits per heavy atom. The molecule has 6 heteroatoms. The highest BCUT2D eigenvalue weighted by atomic mass is 16.5. The Morgan fingerprint density at radius 1 is 1.23 bits per heavy atom. The summed E-state index contributed by atoms with van der Waals surface area (Å²) in [6, 6.07) is 11.2. The first-order valence-electron chi connectivity index (χ1n) is 6.94. The number of aromatic nitrogens is 3. The Labute approximate surface area is 127 Å². The standard InChI is InChI=1S/C16H16N4O2/c1-11(15(21)18-12-7-9-17-10-8-12)22-16-13-5-3-4-6-14(13)20(2)19-16/h3-11H,1-2H3,(H,17,18,21)/t11-/m1/s1. The van der Waals surface area contributed by atoms with E-state index in [1.165, 1.54) is 0 Å². The minimum absolute atomic E-state index is 0.235. The summed E-state index contributed by atoms with van der Waals surface area (Å²) >= 11 is 0. The summed E-state index contributed by atoms with van der Waals surface area (Å²) in [4.78, 5) is 16.1. The van der Waals surface area contributed by atoms with Crippen molar-refractivity contribution in [3.05, 3.63) is 48.8 Å². The molecule has 1 amide bonds. The third-order valence-corrected chi connectivity index (χ3v) is 3.33. The lowest BCUT2D eigenvalue weighted by atomic mass is 10.2. The van der Waals surface area contributed by atoms with Gasteiger partial charge in [-0.05, 0) is 31.2 Å². The number of hydrogen-bond acceptors (Lipinski definition) is 4. The van der Waals surface area contributed by atoms with Gasteiger partial charge in [0.1, 0.15) is 0 Å². The molecule has 0 aliphatic carbocycles. The number of para-hydroxylation sites is 1. The highest BCUT2D eigenvalue weighted by Crippen LogP contribution is 2.24. The topological polar surface area (TPSA) is 69.0 Å². The van der Waals surface area contributed by atoms with Crippen LogP contribution in [0.1, 0.15) is 6.92 Å². The van der Waals surface area contributed by atoms with Crippen molar-refractivity contribution in [3.63, 3.8) is 0 Å². The van der Waals surface area contributed by atoms with Gasteiger partial charge in [0.2, 0.25) is 5.88 Å². The van der Waals surface area contributed by atoms with Gasteiger partial charge in [-0.15, -0.1) is 5.10 Å². The molecule has 6 nitrogen and oxygen atoms in total. The van der Waals surface area contributed by atoms with Crippen LogP contribution in [0.15, 0.2) is 48.8 Å². The van der Waals surface area contributed by atoms with Crippen molar-refractivity contribution in [2.75, 3.05) is 5.32 Å². The fourth-order valence-electron chi connectivity index (χ4n) is 2.17. The lowest BCUT2D eigenvalue weighted by Gasteiger charge is -2.13. The summed E-state index contributed by atoms with van der Waals surface area (Å²) in [5.41, 5.74) is 1.64. The molecule has 1 aromatic carbocycles. The number of anilines is 1. The molecule has 112 valence electrons. The monoisotopic (exact) mass is 296 g/mol. The highest BCUT2D eigenvalue weighted by molar-refractivity contribution is 5.94. The number of nitrogens with zero attached hydrogens (tertiary/aromatic N) is 3. The number of ether oxygens (including phenoxy) is 1. The number of pyridine rings is 1. The maximum atomic E-state index is 12.2. The Bertz CT molecular complexity index is 798. The zero-order valence-corrected chi connectivity index (χ0v) is 12.4. The van der Waals surface area contributed by atoms with E-state index in [-0.39, 0.29) is 5.91 Å². The lowest BCUT2D eigenvalue weighted by molar-refractivity contribution is -0.122. The first-order chi connectivity index (χ1) is 10.6. The number of carbonyl (C=O) groups excluding carboxylic acids is 1. The Morgan fingerprint density at radius 2 is 1.95 bits per heavy atom. The zero-order valence-electron chi connectivity index (χ0n) is 12.4. The van der Waals surface area contributed by atoms with Gasteiger partial charge in [-0.1, -0.05) is 12.1 Å². The molecule has 3 rings (SSSR count). The van der Waals surface area contributed by atoms with E-state index in [0.717, 1.165) is 10.9 Å². The van der Waals surface area contributed by atoms with Crippen LogP contribution in [-0.2, 0) is 11.8 Å². The van der Waals surface area contributed by atoms with E-state index in [0.29, 0.717) is 11.6 Å². The largest absolute Gasteiger partial charge is 0.463 e. The summed E-state index contributed by atoms with van der Waals surface area (Å²) in [5.74, 6) is 0.219. The fraction of sp³-hybridized carbons (Fsp3) is 0.188. The van der Waals surface area contributed by atoms with Gasteiger partial charge in [-0.25, -0.2) is 0 Å². The maximum absolute atomic E-state index is 12.2. The molecule has 2 aromatic heterocycles. The van der Waals surface area contributed by atoms with Gasteiger partial charge in [0, 0.05) is 25.1 Å². The van der Waals surface area contributed by atoms with E-state index in [1.807, 2.05) is 31.3 Å². The Balaban J connectivity index is 1.75. The maximum Gasteiger partial charge on any atom is 0.265 e. The normalized spacial score (nSPS) is 12.1. The molecule has 3 aromatic rings. The summed E-state index contributed by atoms with van der Waals surface area (Å²) in [7, 11) is 1.84. The van der Waals surface area contributed by atoms with E-state index in [4.69, 9.17) is 4.74 Å². The van der Waals surface area contributed by atoms with Crippen LogP contribution in [-0.4, -0.2) is 26.8 Å². The quantitative estimate of drug-likeness (QED) is 0.802. The molecule has 1 N–H and O–H groups in total. The second kappa shape index (κ2) is 5.85. The second-order valence-corrected chi connectivity index (χ2v) is 4.93. The van der Waals surface area contributed by atoms with Gasteiger partial charge in [0.15, 0.2) is 6.10 Å². The van der Waals surface area contributed by atoms with Crippen LogP contribution >= 0.6 is 0 Å². The molecule has 2 heterocycles. The predicted molar refractivity (Wildman–Crippen MR) is 83.7 cm³/mol. The summed E-state index contributed by atoms with van der Waals surface area (Å²) in [6.45, 7) is 1.69. The summed E-state index contributed by atoms with van der Waals surface area (Å²) in [5, 5.41) is 7.98. The smallest absolute Gasteiger partial charge is 0.265 e. The van der Waals surface area contributed by atoms with E-state index in [2.05, 4.69) is 15.4 Å². The van der Waals surface area contributed by atoms with Gasteiger partial charge < -0.3 is 10.1 Å². The molecule has 0 saturated heterocycles. The number of hydrogen-bond donors (Lipinski definition) is 1. The van der Waals surface area contributed by atoms with Crippen LogP contribution in [0.2, 0.25) is 0 Å². The van der Waals surface area contributed by atoms with E-state index in [1.54, 1.807) is 36.1 Å². The van der Waals surface area contributed by atoms with E-state index < -0.39 is 6.10 Å². The minimum atomic E-state index is -0.661. The van der Waals surface area contributed by atoms with Gasteiger partial charge in [0.05, 0.1) is 10.9 Å². The van der Waals surface area contributed by atoms with Gasteiger partial charge in [-0.2, -0.15) is 0 Å². The summed E-state index contributed by atoms with van der Waals surface area (Å²) < 4.78 is 7.46. The van der Waals surface area contributed by atoms with Crippen LogP contribution in [0, 0.1) is 0 Å². The zero-order chi connectivity index (χ0) is 15.5. The molecule has 0 spiro atoms. The molecule has 0 unspecified atom stereocenters. The van der Waals surface area contributed by atoms with Crippen molar-refractivity contribution in [3.8, 4) is 5.88 Å². The summed E-state index contributed by atoms with van der Waals surface area (Å²) in [6.07, 6.45) is 2.58. The number of benzene rings is 1. The van der Waals surface area contributed by atoms with E-state index >= 15 is 0 Å².